The van der Waals surface area contributed by atoms with E-state index in [-0.39, 0.29) is 31.1 Å². The van der Waals surface area contributed by atoms with Crippen LogP contribution in [-0.2, 0) is 28.6 Å². The van der Waals surface area contributed by atoms with E-state index < -0.39 is 6.10 Å². The van der Waals surface area contributed by atoms with E-state index in [1.165, 1.54) is 283 Å². The summed E-state index contributed by atoms with van der Waals surface area (Å²) in [6, 6.07) is 0. The van der Waals surface area contributed by atoms with Gasteiger partial charge in [0.05, 0.1) is 0 Å². The van der Waals surface area contributed by atoms with Crippen LogP contribution in [0.15, 0.2) is 36.5 Å². The summed E-state index contributed by atoms with van der Waals surface area (Å²) in [4.78, 5) is 38.3. The molecule has 0 fully saturated rings. The van der Waals surface area contributed by atoms with Gasteiger partial charge in [-0.3, -0.25) is 14.4 Å². The van der Waals surface area contributed by atoms with E-state index in [4.69, 9.17) is 14.2 Å². The SMILES string of the molecule is CCCCCCC/C=C\C/C=C\C/C=C\CCCCCCCCCCCCCCCCCCC(=O)OCC(COC(=O)CCCCCCCCCCCC)OC(=O)CCCCCCCCCCCCCCCCCCCCCC. The zero-order chi connectivity index (χ0) is 57.1. The van der Waals surface area contributed by atoms with Crippen molar-refractivity contribution >= 4 is 17.9 Å². The first-order valence-corrected chi connectivity index (χ1v) is 35.5. The van der Waals surface area contributed by atoms with E-state index in [0.29, 0.717) is 19.3 Å². The minimum absolute atomic E-state index is 0.0651. The molecule has 0 aliphatic heterocycles. The standard InChI is InChI=1S/C73H136O6/c1-4-7-10-13-16-19-22-24-26-28-30-32-33-34-35-36-37-38-39-40-41-42-44-45-47-49-51-54-57-60-63-66-72(75)78-69-70(68-77-71(74)65-62-59-56-53-21-18-15-12-9-6-3)79-73(76)67-64-61-58-55-52-50-48-46-43-31-29-27-25-23-20-17-14-11-8-5-2/h22,24,28,30,33-34,70H,4-21,23,25-27,29,31-32,35-69H2,1-3H3/b24-22-,30-28-,34-33-. The second-order valence-electron chi connectivity index (χ2n) is 24.2. The summed E-state index contributed by atoms with van der Waals surface area (Å²) in [6.45, 7) is 6.69. The van der Waals surface area contributed by atoms with Gasteiger partial charge in [-0.05, 0) is 57.8 Å². The van der Waals surface area contributed by atoms with Crippen LogP contribution in [-0.4, -0.2) is 37.2 Å². The lowest BCUT2D eigenvalue weighted by Crippen LogP contribution is -2.30. The number of carbonyl (C=O) groups is 3. The predicted molar refractivity (Wildman–Crippen MR) is 344 cm³/mol. The molecule has 0 aromatic heterocycles. The maximum atomic E-state index is 12.9. The van der Waals surface area contributed by atoms with Crippen LogP contribution in [0.2, 0.25) is 0 Å². The van der Waals surface area contributed by atoms with Gasteiger partial charge in [-0.1, -0.05) is 353 Å². The zero-order valence-corrected chi connectivity index (χ0v) is 53.4. The van der Waals surface area contributed by atoms with Gasteiger partial charge in [-0.15, -0.1) is 0 Å². The smallest absolute Gasteiger partial charge is 0.306 e. The van der Waals surface area contributed by atoms with Crippen LogP contribution < -0.4 is 0 Å². The van der Waals surface area contributed by atoms with Crippen LogP contribution in [0.3, 0.4) is 0 Å². The van der Waals surface area contributed by atoms with E-state index in [9.17, 15) is 14.4 Å². The Labute approximate surface area is 493 Å². The van der Waals surface area contributed by atoms with Crippen molar-refractivity contribution in [2.45, 2.75) is 399 Å². The third-order valence-corrected chi connectivity index (χ3v) is 16.1. The van der Waals surface area contributed by atoms with Gasteiger partial charge in [0.2, 0.25) is 0 Å². The van der Waals surface area contributed by atoms with Crippen molar-refractivity contribution in [2.24, 2.45) is 0 Å². The highest BCUT2D eigenvalue weighted by Gasteiger charge is 2.19. The highest BCUT2D eigenvalue weighted by atomic mass is 16.6. The van der Waals surface area contributed by atoms with Gasteiger partial charge in [0.15, 0.2) is 6.10 Å². The fourth-order valence-corrected chi connectivity index (χ4v) is 10.8. The first kappa shape index (κ1) is 76.6. The first-order valence-electron chi connectivity index (χ1n) is 35.5. The Morgan fingerprint density at radius 3 is 0.709 bits per heavy atom. The second-order valence-corrected chi connectivity index (χ2v) is 24.2. The third-order valence-electron chi connectivity index (χ3n) is 16.1. The summed E-state index contributed by atoms with van der Waals surface area (Å²) in [5, 5.41) is 0. The topological polar surface area (TPSA) is 78.9 Å². The molecule has 0 spiro atoms. The van der Waals surface area contributed by atoms with Gasteiger partial charge < -0.3 is 14.2 Å². The van der Waals surface area contributed by atoms with Gasteiger partial charge in [0, 0.05) is 19.3 Å². The molecule has 0 N–H and O–H groups in total. The predicted octanol–water partition coefficient (Wildman–Crippen LogP) is 24.3. The van der Waals surface area contributed by atoms with Crippen LogP contribution in [0.5, 0.6) is 0 Å². The lowest BCUT2D eigenvalue weighted by Gasteiger charge is -2.18. The quantitative estimate of drug-likeness (QED) is 0.0261. The van der Waals surface area contributed by atoms with Crippen LogP contribution >= 0.6 is 0 Å². The highest BCUT2D eigenvalue weighted by molar-refractivity contribution is 5.71. The maximum Gasteiger partial charge on any atom is 0.306 e. The van der Waals surface area contributed by atoms with Crippen molar-refractivity contribution in [3.05, 3.63) is 36.5 Å². The van der Waals surface area contributed by atoms with Crippen molar-refractivity contribution in [1.82, 2.24) is 0 Å². The fourth-order valence-electron chi connectivity index (χ4n) is 10.8. The molecule has 0 aliphatic rings. The Bertz CT molecular complexity index is 1320. The molecule has 6 heteroatoms. The fraction of sp³-hybridized carbons (Fsp3) is 0.877. The summed E-state index contributed by atoms with van der Waals surface area (Å²) < 4.78 is 17.0. The molecule has 0 heterocycles. The number of unbranched alkanes of at least 4 members (excludes halogenated alkanes) is 49. The molecule has 0 rings (SSSR count). The molecule has 0 aromatic carbocycles. The minimum Gasteiger partial charge on any atom is -0.462 e. The van der Waals surface area contributed by atoms with E-state index in [2.05, 4.69) is 57.2 Å². The summed E-state index contributed by atoms with van der Waals surface area (Å²) in [5.41, 5.74) is 0. The number of rotatable bonds is 66. The molecule has 464 valence electrons. The van der Waals surface area contributed by atoms with Crippen LogP contribution in [0.4, 0.5) is 0 Å². The van der Waals surface area contributed by atoms with E-state index in [1.54, 1.807) is 0 Å². The molecule has 0 aromatic rings. The minimum atomic E-state index is -0.767. The molecule has 0 bridgehead atoms. The number of hydrogen-bond acceptors (Lipinski definition) is 6. The molecule has 0 radical (unpaired) electrons. The first-order chi connectivity index (χ1) is 39.0. The number of allylic oxidation sites excluding steroid dienone is 6. The third kappa shape index (κ3) is 66.3. The lowest BCUT2D eigenvalue weighted by molar-refractivity contribution is -0.167. The normalized spacial score (nSPS) is 12.2. The largest absolute Gasteiger partial charge is 0.462 e. The average molecular weight is 1110 g/mol. The number of hydrogen-bond donors (Lipinski definition) is 0. The van der Waals surface area contributed by atoms with Crippen molar-refractivity contribution in [3.8, 4) is 0 Å². The van der Waals surface area contributed by atoms with E-state index in [1.807, 2.05) is 0 Å². The van der Waals surface area contributed by atoms with E-state index >= 15 is 0 Å². The molecule has 79 heavy (non-hydrogen) atoms. The molecule has 6 nitrogen and oxygen atoms in total. The molecule has 1 atom stereocenters. The van der Waals surface area contributed by atoms with E-state index in [0.717, 1.165) is 70.6 Å². The summed E-state index contributed by atoms with van der Waals surface area (Å²) in [6.07, 6.45) is 84.7. The van der Waals surface area contributed by atoms with Crippen molar-refractivity contribution < 1.29 is 28.6 Å². The Balaban J connectivity index is 4.10. The van der Waals surface area contributed by atoms with Crippen molar-refractivity contribution in [2.75, 3.05) is 13.2 Å². The van der Waals surface area contributed by atoms with Crippen LogP contribution in [0.25, 0.3) is 0 Å². The lowest BCUT2D eigenvalue weighted by atomic mass is 10.0. The van der Waals surface area contributed by atoms with Gasteiger partial charge in [0.25, 0.3) is 0 Å². The zero-order valence-electron chi connectivity index (χ0n) is 53.4. The molecular weight excluding hydrogens is 973 g/mol. The molecular formula is C73H136O6. The van der Waals surface area contributed by atoms with Gasteiger partial charge in [-0.25, -0.2) is 0 Å². The average Bonchev–Trinajstić information content (AvgIpc) is 3.45. The van der Waals surface area contributed by atoms with Crippen LogP contribution in [0.1, 0.15) is 393 Å². The molecule has 0 amide bonds. The number of carbonyl (C=O) groups excluding carboxylic acids is 3. The van der Waals surface area contributed by atoms with Crippen molar-refractivity contribution in [1.29, 1.82) is 0 Å². The van der Waals surface area contributed by atoms with Gasteiger partial charge in [-0.2, -0.15) is 0 Å². The number of esters is 3. The van der Waals surface area contributed by atoms with Gasteiger partial charge in [0.1, 0.15) is 13.2 Å². The Morgan fingerprint density at radius 1 is 0.253 bits per heavy atom. The monoisotopic (exact) mass is 1110 g/mol. The summed E-state index contributed by atoms with van der Waals surface area (Å²) in [5.74, 6) is -0.837. The van der Waals surface area contributed by atoms with Gasteiger partial charge >= 0.3 is 17.9 Å². The summed E-state index contributed by atoms with van der Waals surface area (Å²) >= 11 is 0. The highest BCUT2D eigenvalue weighted by Crippen LogP contribution is 2.19. The van der Waals surface area contributed by atoms with Crippen LogP contribution in [0, 0.1) is 0 Å². The Morgan fingerprint density at radius 2 is 0.456 bits per heavy atom. The molecule has 0 saturated heterocycles. The molecule has 0 saturated carbocycles. The maximum absolute atomic E-state index is 12.9. The second kappa shape index (κ2) is 68.1. The molecule has 1 unspecified atom stereocenters. The summed E-state index contributed by atoms with van der Waals surface area (Å²) in [7, 11) is 0. The number of ether oxygens (including phenoxy) is 3. The molecule has 0 aliphatic carbocycles. The Kier molecular flexibility index (Phi) is 66.1. The van der Waals surface area contributed by atoms with Crippen molar-refractivity contribution in [3.63, 3.8) is 0 Å². The Hall–Kier alpha value is -2.37.